The molecule has 3 heterocycles. The Bertz CT molecular complexity index is 1450. The minimum absolute atomic E-state index is 0.0290. The number of hydrogen-bond acceptors (Lipinski definition) is 7. The molecule has 176 valence electrons. The molecule has 0 fully saturated rings. The van der Waals surface area contributed by atoms with Crippen molar-refractivity contribution in [2.75, 3.05) is 6.61 Å². The minimum Gasteiger partial charge on any atom is -0.471 e. The fourth-order valence-corrected chi connectivity index (χ4v) is 3.74. The second-order valence-corrected chi connectivity index (χ2v) is 7.91. The summed E-state index contributed by atoms with van der Waals surface area (Å²) < 4.78 is 14.6. The van der Waals surface area contributed by atoms with Crippen LogP contribution < -0.4 is 4.74 Å². The second kappa shape index (κ2) is 9.76. The molecule has 9 nitrogen and oxygen atoms in total. The van der Waals surface area contributed by atoms with Gasteiger partial charge in [0.05, 0.1) is 30.7 Å². The molecule has 2 aromatic carbocycles. The highest BCUT2D eigenvalue weighted by Gasteiger charge is 2.20. The SMILES string of the molecule is CCOC(=O)c1cnn(-c2nc(OCc3ccccc3)c3ncn(C(C)c4ccccc4)c3n2)c1. The summed E-state index contributed by atoms with van der Waals surface area (Å²) in [4.78, 5) is 26.0. The van der Waals surface area contributed by atoms with Gasteiger partial charge in [0.25, 0.3) is 5.95 Å². The molecule has 0 spiro atoms. The van der Waals surface area contributed by atoms with Crippen LogP contribution in [0.5, 0.6) is 5.88 Å². The molecule has 0 radical (unpaired) electrons. The zero-order chi connectivity index (χ0) is 24.2. The van der Waals surface area contributed by atoms with Crippen LogP contribution in [-0.4, -0.2) is 41.9 Å². The second-order valence-electron chi connectivity index (χ2n) is 7.91. The van der Waals surface area contributed by atoms with Gasteiger partial charge in [0.1, 0.15) is 6.61 Å². The molecule has 0 amide bonds. The average molecular weight is 469 g/mol. The fourth-order valence-electron chi connectivity index (χ4n) is 3.74. The lowest BCUT2D eigenvalue weighted by Crippen LogP contribution is -2.10. The Hall–Kier alpha value is -4.53. The Morgan fingerprint density at radius 3 is 2.51 bits per heavy atom. The lowest BCUT2D eigenvalue weighted by Gasteiger charge is -2.15. The molecular weight excluding hydrogens is 444 g/mol. The first-order valence-corrected chi connectivity index (χ1v) is 11.3. The van der Waals surface area contributed by atoms with Crippen molar-refractivity contribution in [3.63, 3.8) is 0 Å². The van der Waals surface area contributed by atoms with Gasteiger partial charge in [-0.25, -0.2) is 14.5 Å². The summed E-state index contributed by atoms with van der Waals surface area (Å²) in [6, 6.07) is 19.9. The van der Waals surface area contributed by atoms with Crippen molar-refractivity contribution in [1.29, 1.82) is 0 Å². The normalized spacial score (nSPS) is 11.9. The molecular formula is C26H24N6O3. The molecule has 5 aromatic rings. The predicted octanol–water partition coefficient (Wildman–Crippen LogP) is 4.38. The quantitative estimate of drug-likeness (QED) is 0.312. The van der Waals surface area contributed by atoms with Crippen LogP contribution in [0.3, 0.4) is 0 Å². The highest BCUT2D eigenvalue weighted by Crippen LogP contribution is 2.28. The number of fused-ring (bicyclic) bond motifs is 1. The molecule has 0 saturated heterocycles. The zero-order valence-electron chi connectivity index (χ0n) is 19.4. The Labute approximate surface area is 202 Å². The zero-order valence-corrected chi connectivity index (χ0v) is 19.4. The van der Waals surface area contributed by atoms with Gasteiger partial charge >= 0.3 is 5.97 Å². The smallest absolute Gasteiger partial charge is 0.341 e. The van der Waals surface area contributed by atoms with Crippen molar-refractivity contribution in [1.82, 2.24) is 29.3 Å². The van der Waals surface area contributed by atoms with E-state index in [1.54, 1.807) is 19.4 Å². The van der Waals surface area contributed by atoms with Crippen LogP contribution >= 0.6 is 0 Å². The molecule has 0 aliphatic heterocycles. The molecule has 0 aliphatic rings. The topological polar surface area (TPSA) is 97.0 Å². The van der Waals surface area contributed by atoms with Crippen molar-refractivity contribution >= 4 is 17.1 Å². The van der Waals surface area contributed by atoms with Crippen LogP contribution in [-0.2, 0) is 11.3 Å². The number of carbonyl (C=O) groups excluding carboxylic acids is 1. The summed E-state index contributed by atoms with van der Waals surface area (Å²) in [6.07, 6.45) is 4.71. The first kappa shape index (κ1) is 22.3. The Balaban J connectivity index is 1.58. The van der Waals surface area contributed by atoms with Gasteiger partial charge in [-0.3, -0.25) is 0 Å². The molecule has 0 N–H and O–H groups in total. The molecule has 1 unspecified atom stereocenters. The van der Waals surface area contributed by atoms with Crippen LogP contribution in [0.2, 0.25) is 0 Å². The van der Waals surface area contributed by atoms with Gasteiger partial charge in [-0.2, -0.15) is 15.1 Å². The lowest BCUT2D eigenvalue weighted by molar-refractivity contribution is 0.0526. The average Bonchev–Trinajstić information content (AvgIpc) is 3.56. The highest BCUT2D eigenvalue weighted by atomic mass is 16.5. The summed E-state index contributed by atoms with van der Waals surface area (Å²) in [5, 5.41) is 4.28. The van der Waals surface area contributed by atoms with E-state index in [2.05, 4.69) is 34.1 Å². The van der Waals surface area contributed by atoms with Crippen molar-refractivity contribution in [3.05, 3.63) is 96.1 Å². The Morgan fingerprint density at radius 2 is 1.77 bits per heavy atom. The molecule has 0 saturated carbocycles. The van der Waals surface area contributed by atoms with E-state index in [1.807, 2.05) is 53.1 Å². The lowest BCUT2D eigenvalue weighted by atomic mass is 10.1. The van der Waals surface area contributed by atoms with E-state index in [1.165, 1.54) is 10.9 Å². The van der Waals surface area contributed by atoms with Gasteiger partial charge in [0.15, 0.2) is 11.2 Å². The van der Waals surface area contributed by atoms with E-state index in [0.717, 1.165) is 11.1 Å². The van der Waals surface area contributed by atoms with Gasteiger partial charge in [-0.15, -0.1) is 0 Å². The molecule has 5 rings (SSSR count). The highest BCUT2D eigenvalue weighted by molar-refractivity contribution is 5.88. The number of hydrogen-bond donors (Lipinski definition) is 0. The van der Waals surface area contributed by atoms with Gasteiger partial charge in [0.2, 0.25) is 5.88 Å². The Morgan fingerprint density at radius 1 is 1.03 bits per heavy atom. The van der Waals surface area contributed by atoms with Crippen molar-refractivity contribution < 1.29 is 14.3 Å². The number of nitrogens with zero attached hydrogens (tertiary/aromatic N) is 6. The summed E-state index contributed by atoms with van der Waals surface area (Å²) in [5.41, 5.74) is 3.57. The van der Waals surface area contributed by atoms with Crippen molar-refractivity contribution in [2.45, 2.75) is 26.5 Å². The van der Waals surface area contributed by atoms with Gasteiger partial charge in [-0.1, -0.05) is 60.7 Å². The van der Waals surface area contributed by atoms with Crippen molar-refractivity contribution in [2.24, 2.45) is 0 Å². The maximum absolute atomic E-state index is 12.1. The number of benzene rings is 2. The van der Waals surface area contributed by atoms with Crippen LogP contribution in [0, 0.1) is 0 Å². The number of imidazole rings is 1. The van der Waals surface area contributed by atoms with E-state index >= 15 is 0 Å². The third-order valence-electron chi connectivity index (χ3n) is 5.59. The van der Waals surface area contributed by atoms with E-state index in [9.17, 15) is 4.79 Å². The summed E-state index contributed by atoms with van der Waals surface area (Å²) in [7, 11) is 0. The maximum atomic E-state index is 12.1. The minimum atomic E-state index is -0.455. The fraction of sp³-hybridized carbons (Fsp3) is 0.192. The van der Waals surface area contributed by atoms with E-state index in [-0.39, 0.29) is 18.6 Å². The first-order chi connectivity index (χ1) is 17.1. The number of ether oxygens (including phenoxy) is 2. The van der Waals surface area contributed by atoms with Crippen LogP contribution in [0.4, 0.5) is 0 Å². The van der Waals surface area contributed by atoms with E-state index < -0.39 is 5.97 Å². The molecule has 0 bridgehead atoms. The van der Waals surface area contributed by atoms with Gasteiger partial charge in [0, 0.05) is 6.20 Å². The molecule has 0 aliphatic carbocycles. The number of rotatable bonds is 8. The largest absolute Gasteiger partial charge is 0.471 e. The molecule has 9 heteroatoms. The monoisotopic (exact) mass is 468 g/mol. The first-order valence-electron chi connectivity index (χ1n) is 11.3. The predicted molar refractivity (Wildman–Crippen MR) is 129 cm³/mol. The summed E-state index contributed by atoms with van der Waals surface area (Å²) in [6.45, 7) is 4.43. The van der Waals surface area contributed by atoms with Crippen LogP contribution in [0.25, 0.3) is 17.1 Å². The third-order valence-corrected chi connectivity index (χ3v) is 5.59. The Kier molecular flexibility index (Phi) is 6.21. The molecule has 1 atom stereocenters. The standard InChI is InChI=1S/C26H24N6O3/c1-3-34-25(33)21-14-28-32(15-21)26-29-23-22(24(30-26)35-16-19-10-6-4-7-11-19)27-17-31(23)18(2)20-12-8-5-9-13-20/h4-15,17-18H,3,16H2,1-2H3. The summed E-state index contributed by atoms with van der Waals surface area (Å²) >= 11 is 0. The maximum Gasteiger partial charge on any atom is 0.341 e. The van der Waals surface area contributed by atoms with Crippen LogP contribution in [0.1, 0.15) is 41.4 Å². The van der Waals surface area contributed by atoms with E-state index in [0.29, 0.717) is 29.2 Å². The number of aromatic nitrogens is 6. The van der Waals surface area contributed by atoms with Gasteiger partial charge < -0.3 is 14.0 Å². The molecule has 3 aromatic heterocycles. The van der Waals surface area contributed by atoms with E-state index in [4.69, 9.17) is 14.5 Å². The number of carbonyl (C=O) groups is 1. The van der Waals surface area contributed by atoms with Crippen molar-refractivity contribution in [3.8, 4) is 11.8 Å². The van der Waals surface area contributed by atoms with Crippen LogP contribution in [0.15, 0.2) is 79.4 Å². The summed E-state index contributed by atoms with van der Waals surface area (Å²) in [5.74, 6) is 0.141. The van der Waals surface area contributed by atoms with Gasteiger partial charge in [-0.05, 0) is 25.0 Å². The third kappa shape index (κ3) is 4.61. The number of esters is 1. The molecule has 35 heavy (non-hydrogen) atoms.